The maximum atomic E-state index is 13.6. The molecule has 0 radical (unpaired) electrons. The fourth-order valence-electron chi connectivity index (χ4n) is 3.58. The summed E-state index contributed by atoms with van der Waals surface area (Å²) < 4.78 is 6.80. The van der Waals surface area contributed by atoms with Gasteiger partial charge in [-0.25, -0.2) is 4.79 Å². The van der Waals surface area contributed by atoms with Gasteiger partial charge in [0.25, 0.3) is 5.56 Å². The van der Waals surface area contributed by atoms with Crippen molar-refractivity contribution in [3.8, 4) is 5.75 Å². The zero-order valence-electron chi connectivity index (χ0n) is 17.3. The number of phenols is 1. The molecule has 6 nitrogen and oxygen atoms in total. The van der Waals surface area contributed by atoms with E-state index in [4.69, 9.17) is 16.3 Å². The lowest BCUT2D eigenvalue weighted by Gasteiger charge is -2.19. The van der Waals surface area contributed by atoms with Gasteiger partial charge in [-0.15, -0.1) is 0 Å². The molecular formula is C25H21ClN2O4. The number of nitrogens with one attached hydrogen (secondary N) is 1. The lowest BCUT2D eigenvalue weighted by atomic mass is 10.1. The number of hydrogen-bond acceptors (Lipinski definition) is 5. The van der Waals surface area contributed by atoms with Crippen LogP contribution in [0.2, 0.25) is 5.02 Å². The Kier molecular flexibility index (Phi) is 6.14. The first-order valence-corrected chi connectivity index (χ1v) is 10.5. The number of para-hydroxylation sites is 1. The molecule has 2 N–H and O–H groups in total. The SMILES string of the molecule is CCOC(=O)c1c(Nc2ccc(O)c(Cl)c2)c2ccccc2n(Cc2ccccc2)c1=O. The number of fused-ring (bicyclic) bond motifs is 1. The van der Waals surface area contributed by atoms with Crippen molar-refractivity contribution >= 4 is 39.8 Å². The van der Waals surface area contributed by atoms with Crippen LogP contribution in [0.5, 0.6) is 5.75 Å². The molecule has 4 aromatic rings. The van der Waals surface area contributed by atoms with Crippen molar-refractivity contribution in [3.05, 3.63) is 99.3 Å². The van der Waals surface area contributed by atoms with Crippen LogP contribution in [0.1, 0.15) is 22.8 Å². The maximum absolute atomic E-state index is 13.6. The van der Waals surface area contributed by atoms with Crippen molar-refractivity contribution in [2.24, 2.45) is 0 Å². The Balaban J connectivity index is 1.96. The van der Waals surface area contributed by atoms with Crippen LogP contribution in [-0.4, -0.2) is 22.2 Å². The lowest BCUT2D eigenvalue weighted by Crippen LogP contribution is -2.29. The predicted octanol–water partition coefficient (Wildman–Crippen LogP) is 5.33. The Morgan fingerprint density at radius 2 is 1.78 bits per heavy atom. The van der Waals surface area contributed by atoms with E-state index < -0.39 is 11.5 Å². The van der Waals surface area contributed by atoms with E-state index >= 15 is 0 Å². The molecule has 0 spiro atoms. The number of aromatic nitrogens is 1. The number of benzene rings is 3. The fourth-order valence-corrected chi connectivity index (χ4v) is 3.76. The molecule has 162 valence electrons. The van der Waals surface area contributed by atoms with E-state index in [1.54, 1.807) is 17.6 Å². The van der Waals surface area contributed by atoms with Gasteiger partial charge in [-0.3, -0.25) is 4.79 Å². The van der Waals surface area contributed by atoms with Crippen LogP contribution in [0, 0.1) is 0 Å². The predicted molar refractivity (Wildman–Crippen MR) is 126 cm³/mol. The van der Waals surface area contributed by atoms with E-state index in [-0.39, 0.29) is 22.9 Å². The van der Waals surface area contributed by atoms with E-state index in [1.165, 1.54) is 12.1 Å². The average molecular weight is 449 g/mol. The smallest absolute Gasteiger partial charge is 0.345 e. The van der Waals surface area contributed by atoms with E-state index in [0.29, 0.717) is 28.8 Å². The van der Waals surface area contributed by atoms with E-state index in [2.05, 4.69) is 5.32 Å². The van der Waals surface area contributed by atoms with Gasteiger partial charge < -0.3 is 19.7 Å². The molecule has 0 fully saturated rings. The Morgan fingerprint density at radius 3 is 2.50 bits per heavy atom. The van der Waals surface area contributed by atoms with Crippen molar-refractivity contribution in [2.45, 2.75) is 13.5 Å². The lowest BCUT2D eigenvalue weighted by molar-refractivity contribution is 0.0525. The molecule has 7 heteroatoms. The van der Waals surface area contributed by atoms with Gasteiger partial charge in [-0.1, -0.05) is 60.1 Å². The largest absolute Gasteiger partial charge is 0.506 e. The number of carbonyl (C=O) groups excluding carboxylic acids is 1. The molecule has 1 heterocycles. The first kappa shape index (κ1) is 21.5. The maximum Gasteiger partial charge on any atom is 0.345 e. The van der Waals surface area contributed by atoms with Gasteiger partial charge >= 0.3 is 5.97 Å². The zero-order chi connectivity index (χ0) is 22.7. The molecule has 0 unspecified atom stereocenters. The molecule has 1 aromatic heterocycles. The van der Waals surface area contributed by atoms with Crippen LogP contribution in [0.3, 0.4) is 0 Å². The summed E-state index contributed by atoms with van der Waals surface area (Å²) in [5.41, 5.74) is 1.89. The highest BCUT2D eigenvalue weighted by atomic mass is 35.5. The molecule has 0 aliphatic rings. The van der Waals surface area contributed by atoms with E-state index in [0.717, 1.165) is 5.56 Å². The number of carbonyl (C=O) groups is 1. The quantitative estimate of drug-likeness (QED) is 0.308. The minimum Gasteiger partial charge on any atom is -0.506 e. The molecule has 0 saturated carbocycles. The number of aromatic hydroxyl groups is 1. The van der Waals surface area contributed by atoms with Crippen LogP contribution < -0.4 is 10.9 Å². The number of rotatable bonds is 6. The zero-order valence-corrected chi connectivity index (χ0v) is 18.1. The van der Waals surface area contributed by atoms with E-state index in [9.17, 15) is 14.7 Å². The van der Waals surface area contributed by atoms with Gasteiger partial charge in [0.2, 0.25) is 0 Å². The first-order valence-electron chi connectivity index (χ1n) is 10.1. The topological polar surface area (TPSA) is 80.6 Å². The monoisotopic (exact) mass is 448 g/mol. The number of anilines is 2. The number of esters is 1. The van der Waals surface area contributed by atoms with Crippen molar-refractivity contribution in [3.63, 3.8) is 0 Å². The highest BCUT2D eigenvalue weighted by Gasteiger charge is 2.24. The van der Waals surface area contributed by atoms with Gasteiger partial charge in [-0.05, 0) is 36.8 Å². The summed E-state index contributed by atoms with van der Waals surface area (Å²) in [5.74, 6) is -0.775. The van der Waals surface area contributed by atoms with Crippen LogP contribution in [0.4, 0.5) is 11.4 Å². The Bertz CT molecular complexity index is 1350. The standard InChI is InChI=1S/C25H21ClN2O4/c1-2-32-25(31)22-23(27-17-12-13-21(29)19(26)14-17)18-10-6-7-11-20(18)28(24(22)30)15-16-8-4-3-5-9-16/h3-14,27,29H,2,15H2,1H3. The number of phenolic OH excluding ortho intramolecular Hbond substituents is 1. The summed E-state index contributed by atoms with van der Waals surface area (Å²) in [5, 5.41) is 13.7. The molecule has 0 saturated heterocycles. The summed E-state index contributed by atoms with van der Waals surface area (Å²) >= 11 is 6.05. The molecule has 0 aliphatic carbocycles. The normalized spacial score (nSPS) is 10.8. The first-order chi connectivity index (χ1) is 15.5. The van der Waals surface area contributed by atoms with Gasteiger partial charge in [0, 0.05) is 11.1 Å². The summed E-state index contributed by atoms with van der Waals surface area (Å²) in [7, 11) is 0. The molecule has 0 aliphatic heterocycles. The molecule has 0 bridgehead atoms. The summed E-state index contributed by atoms with van der Waals surface area (Å²) in [6.07, 6.45) is 0. The third kappa shape index (κ3) is 4.18. The third-order valence-electron chi connectivity index (χ3n) is 5.05. The second-order valence-corrected chi connectivity index (χ2v) is 7.56. The van der Waals surface area contributed by atoms with Gasteiger partial charge in [0.05, 0.1) is 29.4 Å². The highest BCUT2D eigenvalue weighted by Crippen LogP contribution is 2.32. The van der Waals surface area contributed by atoms with Crippen LogP contribution >= 0.6 is 11.6 Å². The van der Waals surface area contributed by atoms with Crippen molar-refractivity contribution in [1.29, 1.82) is 0 Å². The van der Waals surface area contributed by atoms with Crippen LogP contribution in [0.15, 0.2) is 77.6 Å². The molecule has 0 amide bonds. The second-order valence-electron chi connectivity index (χ2n) is 7.16. The Morgan fingerprint density at radius 1 is 1.06 bits per heavy atom. The summed E-state index contributed by atoms with van der Waals surface area (Å²) in [6, 6.07) is 21.5. The molecule has 0 atom stereocenters. The second kappa shape index (κ2) is 9.16. The summed E-state index contributed by atoms with van der Waals surface area (Å²) in [4.78, 5) is 26.5. The van der Waals surface area contributed by atoms with Crippen LogP contribution in [0.25, 0.3) is 10.9 Å². The molecule has 3 aromatic carbocycles. The minimum atomic E-state index is -0.711. The van der Waals surface area contributed by atoms with Gasteiger partial charge in [-0.2, -0.15) is 0 Å². The Hall–Kier alpha value is -3.77. The van der Waals surface area contributed by atoms with Crippen molar-refractivity contribution in [1.82, 2.24) is 4.57 Å². The molecular weight excluding hydrogens is 428 g/mol. The third-order valence-corrected chi connectivity index (χ3v) is 5.36. The molecule has 32 heavy (non-hydrogen) atoms. The number of hydrogen-bond donors (Lipinski definition) is 2. The van der Waals surface area contributed by atoms with Gasteiger partial charge in [0.1, 0.15) is 11.3 Å². The number of nitrogens with zero attached hydrogens (tertiary/aromatic N) is 1. The number of halogens is 1. The highest BCUT2D eigenvalue weighted by molar-refractivity contribution is 6.32. The number of ether oxygens (including phenoxy) is 1. The summed E-state index contributed by atoms with van der Waals surface area (Å²) in [6.45, 7) is 2.13. The minimum absolute atomic E-state index is 0.0639. The average Bonchev–Trinajstić information content (AvgIpc) is 2.80. The van der Waals surface area contributed by atoms with Gasteiger partial charge in [0.15, 0.2) is 0 Å². The Labute approximate surface area is 189 Å². The fraction of sp³-hybridized carbons (Fsp3) is 0.120. The van der Waals surface area contributed by atoms with Crippen molar-refractivity contribution in [2.75, 3.05) is 11.9 Å². The number of pyridine rings is 1. The van der Waals surface area contributed by atoms with Crippen molar-refractivity contribution < 1.29 is 14.6 Å². The van der Waals surface area contributed by atoms with Crippen LogP contribution in [-0.2, 0) is 11.3 Å². The van der Waals surface area contributed by atoms with E-state index in [1.807, 2.05) is 54.6 Å². The molecule has 4 rings (SSSR count).